The van der Waals surface area contributed by atoms with E-state index in [4.69, 9.17) is 0 Å². The summed E-state index contributed by atoms with van der Waals surface area (Å²) in [5, 5.41) is 11.5. The Morgan fingerprint density at radius 1 is 1.27 bits per heavy atom. The normalized spacial score (nSPS) is 15.8. The second kappa shape index (κ2) is 9.01. The van der Waals surface area contributed by atoms with Crippen LogP contribution in [0.25, 0.3) is 10.7 Å². The van der Waals surface area contributed by atoms with Crippen molar-refractivity contribution in [1.82, 2.24) is 24.6 Å². The van der Waals surface area contributed by atoms with Gasteiger partial charge in [-0.3, -0.25) is 9.69 Å². The minimum atomic E-state index is 0.197. The quantitative estimate of drug-likeness (QED) is 0.677. The van der Waals surface area contributed by atoms with Crippen molar-refractivity contribution in [1.29, 1.82) is 0 Å². The lowest BCUT2D eigenvalue weighted by molar-refractivity contribution is -0.130. The monoisotopic (exact) mass is 393 g/mol. The maximum atomic E-state index is 12.6. The molecule has 1 aliphatic rings. The molecule has 0 spiro atoms. The number of piperazine rings is 1. The van der Waals surface area contributed by atoms with E-state index < -0.39 is 0 Å². The molecule has 1 aliphatic heterocycles. The molecule has 0 bridgehead atoms. The number of aromatic nitrogens is 3. The summed E-state index contributed by atoms with van der Waals surface area (Å²) in [6.07, 6.45) is 0. The fourth-order valence-electron chi connectivity index (χ4n) is 3.18. The van der Waals surface area contributed by atoms with Gasteiger partial charge in [-0.15, -0.1) is 21.5 Å². The van der Waals surface area contributed by atoms with E-state index in [-0.39, 0.29) is 5.91 Å². The van der Waals surface area contributed by atoms with Gasteiger partial charge in [-0.25, -0.2) is 0 Å². The summed E-state index contributed by atoms with van der Waals surface area (Å²) in [4.78, 5) is 18.1. The summed E-state index contributed by atoms with van der Waals surface area (Å²) in [6, 6.07) is 4.07. The summed E-state index contributed by atoms with van der Waals surface area (Å²) in [6.45, 7) is 12.1. The molecule has 3 rings (SSSR count). The zero-order chi connectivity index (χ0) is 18.5. The molecule has 8 heteroatoms. The van der Waals surface area contributed by atoms with Gasteiger partial charge in [0.2, 0.25) is 5.91 Å². The molecule has 1 saturated heterocycles. The number of thiophene rings is 1. The van der Waals surface area contributed by atoms with Crippen LogP contribution in [-0.4, -0.2) is 68.9 Å². The molecule has 0 saturated carbocycles. The van der Waals surface area contributed by atoms with Crippen LogP contribution in [0.5, 0.6) is 0 Å². The molecule has 0 unspecified atom stereocenters. The highest BCUT2D eigenvalue weighted by Gasteiger charge is 2.22. The number of amides is 1. The standard InChI is InChI=1S/C18H27N5OS2/c1-4-23-17(15-6-5-11-25-15)19-20-18(23)26-13-16(24)22-9-7-21(8-10-22)12-14(2)3/h5-6,11,14H,4,7-10,12-13H2,1-3H3. The van der Waals surface area contributed by atoms with Gasteiger partial charge in [0, 0.05) is 39.3 Å². The first kappa shape index (κ1) is 19.4. The first-order valence-corrected chi connectivity index (χ1v) is 11.0. The molecule has 1 fully saturated rings. The van der Waals surface area contributed by atoms with Crippen molar-refractivity contribution in [2.24, 2.45) is 5.92 Å². The number of thioether (sulfide) groups is 1. The molecule has 1 amide bonds. The second-order valence-electron chi connectivity index (χ2n) is 6.89. The molecule has 0 radical (unpaired) electrons. The molecular weight excluding hydrogens is 366 g/mol. The third-order valence-electron chi connectivity index (χ3n) is 4.45. The maximum absolute atomic E-state index is 12.6. The zero-order valence-corrected chi connectivity index (χ0v) is 17.4. The molecule has 26 heavy (non-hydrogen) atoms. The number of hydrogen-bond acceptors (Lipinski definition) is 6. The fourth-order valence-corrected chi connectivity index (χ4v) is 4.80. The van der Waals surface area contributed by atoms with Crippen LogP contribution in [0.4, 0.5) is 0 Å². The van der Waals surface area contributed by atoms with E-state index in [0.29, 0.717) is 11.7 Å². The maximum Gasteiger partial charge on any atom is 0.233 e. The van der Waals surface area contributed by atoms with Gasteiger partial charge >= 0.3 is 0 Å². The third-order valence-corrected chi connectivity index (χ3v) is 6.27. The Bertz CT molecular complexity index is 705. The van der Waals surface area contributed by atoms with Gasteiger partial charge in [0.25, 0.3) is 0 Å². The molecule has 3 heterocycles. The van der Waals surface area contributed by atoms with Crippen molar-refractivity contribution in [2.75, 3.05) is 38.5 Å². The van der Waals surface area contributed by atoms with Gasteiger partial charge in [-0.2, -0.15) is 0 Å². The molecule has 2 aromatic heterocycles. The van der Waals surface area contributed by atoms with E-state index in [0.717, 1.165) is 55.1 Å². The summed E-state index contributed by atoms with van der Waals surface area (Å²) in [5.74, 6) is 2.18. The molecule has 6 nitrogen and oxygen atoms in total. The number of rotatable bonds is 7. The number of nitrogens with zero attached hydrogens (tertiary/aromatic N) is 5. The first-order valence-electron chi connectivity index (χ1n) is 9.18. The SMILES string of the molecule is CCn1c(SCC(=O)N2CCN(CC(C)C)CC2)nnc1-c1cccs1. The molecule has 142 valence electrons. The second-order valence-corrected chi connectivity index (χ2v) is 8.78. The van der Waals surface area contributed by atoms with Crippen molar-refractivity contribution < 1.29 is 4.79 Å². The zero-order valence-electron chi connectivity index (χ0n) is 15.7. The largest absolute Gasteiger partial charge is 0.339 e. The minimum absolute atomic E-state index is 0.197. The van der Waals surface area contributed by atoms with E-state index in [1.54, 1.807) is 11.3 Å². The number of carbonyl (C=O) groups excluding carboxylic acids is 1. The van der Waals surface area contributed by atoms with Crippen molar-refractivity contribution in [3.63, 3.8) is 0 Å². The van der Waals surface area contributed by atoms with Crippen LogP contribution in [0, 0.1) is 5.92 Å². The summed E-state index contributed by atoms with van der Waals surface area (Å²) >= 11 is 3.15. The lowest BCUT2D eigenvalue weighted by atomic mass is 10.2. The van der Waals surface area contributed by atoms with E-state index in [9.17, 15) is 4.79 Å². The van der Waals surface area contributed by atoms with Crippen LogP contribution >= 0.6 is 23.1 Å². The van der Waals surface area contributed by atoms with Crippen LogP contribution < -0.4 is 0 Å². The van der Waals surface area contributed by atoms with Gasteiger partial charge < -0.3 is 9.47 Å². The van der Waals surface area contributed by atoms with Gasteiger partial charge in [0.05, 0.1) is 10.6 Å². The molecule has 0 N–H and O–H groups in total. The van der Waals surface area contributed by atoms with E-state index >= 15 is 0 Å². The number of hydrogen-bond donors (Lipinski definition) is 0. The highest BCUT2D eigenvalue weighted by atomic mass is 32.2. The van der Waals surface area contributed by atoms with E-state index in [1.165, 1.54) is 11.8 Å². The van der Waals surface area contributed by atoms with Crippen LogP contribution in [0.2, 0.25) is 0 Å². The van der Waals surface area contributed by atoms with Gasteiger partial charge in [-0.1, -0.05) is 31.7 Å². The highest BCUT2D eigenvalue weighted by Crippen LogP contribution is 2.27. The fraction of sp³-hybridized carbons (Fsp3) is 0.611. The Balaban J connectivity index is 1.54. The molecule has 0 aliphatic carbocycles. The van der Waals surface area contributed by atoms with Crippen LogP contribution in [0.1, 0.15) is 20.8 Å². The first-order chi connectivity index (χ1) is 12.6. The van der Waals surface area contributed by atoms with E-state index in [2.05, 4.69) is 46.5 Å². The Kier molecular flexibility index (Phi) is 6.72. The molecule has 0 aromatic carbocycles. The Labute approximate surface area is 163 Å². The predicted molar refractivity (Wildman–Crippen MR) is 108 cm³/mol. The van der Waals surface area contributed by atoms with Crippen LogP contribution in [0.15, 0.2) is 22.7 Å². The average molecular weight is 394 g/mol. The van der Waals surface area contributed by atoms with Gasteiger partial charge in [-0.05, 0) is 24.3 Å². The summed E-state index contributed by atoms with van der Waals surface area (Å²) in [7, 11) is 0. The van der Waals surface area contributed by atoms with Gasteiger partial charge in [0.15, 0.2) is 11.0 Å². The Morgan fingerprint density at radius 3 is 2.65 bits per heavy atom. The van der Waals surface area contributed by atoms with Crippen LogP contribution in [-0.2, 0) is 11.3 Å². The molecule has 2 aromatic rings. The highest BCUT2D eigenvalue weighted by molar-refractivity contribution is 7.99. The minimum Gasteiger partial charge on any atom is -0.339 e. The Hall–Kier alpha value is -1.38. The predicted octanol–water partition coefficient (Wildman–Crippen LogP) is 2.92. The van der Waals surface area contributed by atoms with E-state index in [1.807, 2.05) is 16.3 Å². The van der Waals surface area contributed by atoms with Crippen molar-refractivity contribution in [2.45, 2.75) is 32.5 Å². The lowest BCUT2D eigenvalue weighted by Gasteiger charge is -2.35. The number of carbonyl (C=O) groups is 1. The topological polar surface area (TPSA) is 54.3 Å². The summed E-state index contributed by atoms with van der Waals surface area (Å²) < 4.78 is 2.09. The summed E-state index contributed by atoms with van der Waals surface area (Å²) in [5.41, 5.74) is 0. The van der Waals surface area contributed by atoms with Crippen molar-refractivity contribution >= 4 is 29.0 Å². The smallest absolute Gasteiger partial charge is 0.233 e. The molecular formula is C18H27N5OS2. The lowest BCUT2D eigenvalue weighted by Crippen LogP contribution is -2.50. The molecule has 0 atom stereocenters. The van der Waals surface area contributed by atoms with Crippen molar-refractivity contribution in [3.05, 3.63) is 17.5 Å². The average Bonchev–Trinajstić information content (AvgIpc) is 3.28. The Morgan fingerprint density at radius 2 is 2.04 bits per heavy atom. The third kappa shape index (κ3) is 4.66. The van der Waals surface area contributed by atoms with Crippen molar-refractivity contribution in [3.8, 4) is 10.7 Å². The van der Waals surface area contributed by atoms with Gasteiger partial charge in [0.1, 0.15) is 0 Å². The van der Waals surface area contributed by atoms with Crippen LogP contribution in [0.3, 0.4) is 0 Å².